The van der Waals surface area contributed by atoms with Crippen LogP contribution in [-0.2, 0) is 4.79 Å². The summed E-state index contributed by atoms with van der Waals surface area (Å²) in [7, 11) is 0. The summed E-state index contributed by atoms with van der Waals surface area (Å²) in [6.07, 6.45) is 6.13. The van der Waals surface area contributed by atoms with Crippen molar-refractivity contribution in [3.8, 4) is 6.07 Å². The van der Waals surface area contributed by atoms with Crippen LogP contribution in [0.25, 0.3) is 0 Å². The summed E-state index contributed by atoms with van der Waals surface area (Å²) in [5.74, 6) is 0.746. The number of hydrogen-bond acceptors (Lipinski definition) is 4. The Labute approximate surface area is 113 Å². The van der Waals surface area contributed by atoms with Crippen LogP contribution in [0.1, 0.15) is 31.2 Å². The van der Waals surface area contributed by atoms with Gasteiger partial charge in [-0.2, -0.15) is 5.26 Å². The molecule has 0 spiro atoms. The van der Waals surface area contributed by atoms with E-state index < -0.39 is 0 Å². The van der Waals surface area contributed by atoms with Crippen LogP contribution >= 0.6 is 0 Å². The Bertz CT molecular complexity index is 455. The summed E-state index contributed by atoms with van der Waals surface area (Å²) in [6, 6.07) is 5.42. The topological polar surface area (TPSA) is 69.0 Å². The molecule has 1 fully saturated rings. The van der Waals surface area contributed by atoms with Gasteiger partial charge in [-0.15, -0.1) is 0 Å². The van der Waals surface area contributed by atoms with E-state index in [9.17, 15) is 4.79 Å². The molecule has 5 heteroatoms. The molecule has 1 aromatic rings. The number of anilines is 1. The predicted molar refractivity (Wildman–Crippen MR) is 72.5 cm³/mol. The molecule has 2 rings (SSSR count). The summed E-state index contributed by atoms with van der Waals surface area (Å²) < 4.78 is 0. The Kier molecular flexibility index (Phi) is 4.73. The maximum absolute atomic E-state index is 12.0. The van der Waals surface area contributed by atoms with Gasteiger partial charge in [0, 0.05) is 19.3 Å². The molecule has 0 radical (unpaired) electrons. The molecule has 0 aromatic carbocycles. The molecule has 100 valence electrons. The Hall–Kier alpha value is -2.09. The minimum atomic E-state index is 0.119. The van der Waals surface area contributed by atoms with Crippen LogP contribution in [0.2, 0.25) is 0 Å². The van der Waals surface area contributed by atoms with Crippen molar-refractivity contribution in [1.29, 1.82) is 5.26 Å². The van der Waals surface area contributed by atoms with Crippen molar-refractivity contribution in [2.45, 2.75) is 25.7 Å². The monoisotopic (exact) mass is 258 g/mol. The van der Waals surface area contributed by atoms with Crippen LogP contribution in [0.15, 0.2) is 18.3 Å². The lowest BCUT2D eigenvalue weighted by molar-refractivity contribution is -0.129. The van der Waals surface area contributed by atoms with Crippen molar-refractivity contribution in [2.75, 3.05) is 25.0 Å². The molecule has 5 nitrogen and oxygen atoms in total. The van der Waals surface area contributed by atoms with E-state index in [1.54, 1.807) is 12.1 Å². The van der Waals surface area contributed by atoms with E-state index in [-0.39, 0.29) is 12.5 Å². The molecule has 19 heavy (non-hydrogen) atoms. The lowest BCUT2D eigenvalue weighted by Crippen LogP contribution is -2.36. The molecule has 0 atom stereocenters. The molecular weight excluding hydrogens is 240 g/mol. The van der Waals surface area contributed by atoms with Gasteiger partial charge in [-0.25, -0.2) is 4.98 Å². The fraction of sp³-hybridized carbons (Fsp3) is 0.500. The van der Waals surface area contributed by atoms with Crippen LogP contribution in [0.5, 0.6) is 0 Å². The van der Waals surface area contributed by atoms with Gasteiger partial charge in [0.2, 0.25) is 5.91 Å². The molecule has 1 aliphatic heterocycles. The van der Waals surface area contributed by atoms with Gasteiger partial charge in [-0.3, -0.25) is 4.79 Å². The molecular formula is C14H18N4O. The van der Waals surface area contributed by atoms with Crippen LogP contribution in [-0.4, -0.2) is 35.4 Å². The number of amides is 1. The lowest BCUT2D eigenvalue weighted by atomic mass is 10.2. The number of nitrogens with one attached hydrogen (secondary N) is 1. The van der Waals surface area contributed by atoms with Gasteiger partial charge in [0.15, 0.2) is 0 Å². The number of carbonyl (C=O) groups excluding carboxylic acids is 1. The zero-order valence-electron chi connectivity index (χ0n) is 10.9. The first-order valence-electron chi connectivity index (χ1n) is 6.67. The van der Waals surface area contributed by atoms with Crippen molar-refractivity contribution in [1.82, 2.24) is 9.88 Å². The summed E-state index contributed by atoms with van der Waals surface area (Å²) in [5.41, 5.74) is 0.518. The molecule has 1 saturated heterocycles. The van der Waals surface area contributed by atoms with Crippen molar-refractivity contribution < 1.29 is 4.79 Å². The summed E-state index contributed by atoms with van der Waals surface area (Å²) in [5, 5.41) is 11.7. The van der Waals surface area contributed by atoms with E-state index in [1.807, 2.05) is 11.0 Å². The first kappa shape index (κ1) is 13.3. The van der Waals surface area contributed by atoms with Gasteiger partial charge in [0.1, 0.15) is 11.9 Å². The SMILES string of the molecule is N#Cc1ccc(NCC(=O)N2CCCCCC2)nc1. The minimum absolute atomic E-state index is 0.119. The number of rotatable bonds is 3. The number of nitrogens with zero attached hydrogens (tertiary/aromatic N) is 3. The second-order valence-corrected chi connectivity index (χ2v) is 4.69. The highest BCUT2D eigenvalue weighted by Gasteiger charge is 2.14. The highest BCUT2D eigenvalue weighted by molar-refractivity contribution is 5.80. The average Bonchev–Trinajstić information content (AvgIpc) is 2.74. The third-order valence-corrected chi connectivity index (χ3v) is 3.27. The summed E-state index contributed by atoms with van der Waals surface area (Å²) in [4.78, 5) is 18.0. The van der Waals surface area contributed by atoms with Crippen LogP contribution in [0, 0.1) is 11.3 Å². The Morgan fingerprint density at radius 3 is 2.63 bits per heavy atom. The number of hydrogen-bond donors (Lipinski definition) is 1. The molecule has 2 heterocycles. The predicted octanol–water partition coefficient (Wildman–Crippen LogP) is 1.77. The van der Waals surface area contributed by atoms with Crippen molar-refractivity contribution >= 4 is 11.7 Å². The second kappa shape index (κ2) is 6.74. The number of likely N-dealkylation sites (tertiary alicyclic amines) is 1. The highest BCUT2D eigenvalue weighted by atomic mass is 16.2. The van der Waals surface area contributed by atoms with Crippen molar-refractivity contribution in [3.05, 3.63) is 23.9 Å². The van der Waals surface area contributed by atoms with E-state index >= 15 is 0 Å². The van der Waals surface area contributed by atoms with Gasteiger partial charge in [-0.1, -0.05) is 12.8 Å². The molecule has 1 aliphatic rings. The molecule has 0 unspecified atom stereocenters. The van der Waals surface area contributed by atoms with Crippen molar-refractivity contribution in [2.24, 2.45) is 0 Å². The van der Waals surface area contributed by atoms with Gasteiger partial charge in [-0.05, 0) is 25.0 Å². The summed E-state index contributed by atoms with van der Waals surface area (Å²) >= 11 is 0. The number of aromatic nitrogens is 1. The number of nitriles is 1. The van der Waals surface area contributed by atoms with E-state index in [2.05, 4.69) is 10.3 Å². The molecule has 0 saturated carbocycles. The fourth-order valence-corrected chi connectivity index (χ4v) is 2.16. The Morgan fingerprint density at radius 1 is 1.32 bits per heavy atom. The van der Waals surface area contributed by atoms with Gasteiger partial charge < -0.3 is 10.2 Å². The van der Waals surface area contributed by atoms with Gasteiger partial charge in [0.25, 0.3) is 0 Å². The quantitative estimate of drug-likeness (QED) is 0.897. The molecule has 0 bridgehead atoms. The Morgan fingerprint density at radius 2 is 2.05 bits per heavy atom. The zero-order chi connectivity index (χ0) is 13.5. The van der Waals surface area contributed by atoms with Crippen molar-refractivity contribution in [3.63, 3.8) is 0 Å². The summed E-state index contributed by atoms with van der Waals surface area (Å²) in [6.45, 7) is 1.99. The minimum Gasteiger partial charge on any atom is -0.361 e. The highest BCUT2D eigenvalue weighted by Crippen LogP contribution is 2.10. The average molecular weight is 258 g/mol. The first-order valence-corrected chi connectivity index (χ1v) is 6.67. The van der Waals surface area contributed by atoms with Crippen LogP contribution < -0.4 is 5.32 Å². The van der Waals surface area contributed by atoms with Gasteiger partial charge >= 0.3 is 0 Å². The zero-order valence-corrected chi connectivity index (χ0v) is 10.9. The normalized spacial score (nSPS) is 15.4. The standard InChI is InChI=1S/C14H18N4O/c15-9-12-5-6-13(16-10-12)17-11-14(19)18-7-3-1-2-4-8-18/h5-6,10H,1-4,7-8,11H2,(H,16,17). The van der Waals surface area contributed by atoms with Gasteiger partial charge in [0.05, 0.1) is 12.1 Å². The molecule has 0 aliphatic carbocycles. The molecule has 1 aromatic heterocycles. The third kappa shape index (κ3) is 3.95. The lowest BCUT2D eigenvalue weighted by Gasteiger charge is -2.20. The smallest absolute Gasteiger partial charge is 0.241 e. The third-order valence-electron chi connectivity index (χ3n) is 3.27. The molecule has 1 amide bonds. The van der Waals surface area contributed by atoms with Crippen LogP contribution in [0.3, 0.4) is 0 Å². The number of pyridine rings is 1. The first-order chi connectivity index (χ1) is 9.29. The van der Waals surface area contributed by atoms with Crippen LogP contribution in [0.4, 0.5) is 5.82 Å². The molecule has 1 N–H and O–H groups in total. The fourth-order valence-electron chi connectivity index (χ4n) is 2.16. The Balaban J connectivity index is 1.83. The largest absolute Gasteiger partial charge is 0.361 e. The maximum atomic E-state index is 12.0. The van der Waals surface area contributed by atoms with E-state index in [0.717, 1.165) is 25.9 Å². The van der Waals surface area contributed by atoms with E-state index in [1.165, 1.54) is 19.0 Å². The maximum Gasteiger partial charge on any atom is 0.241 e. The second-order valence-electron chi connectivity index (χ2n) is 4.69. The number of carbonyl (C=O) groups is 1. The van der Waals surface area contributed by atoms with E-state index in [4.69, 9.17) is 5.26 Å². The van der Waals surface area contributed by atoms with E-state index in [0.29, 0.717) is 11.4 Å².